The van der Waals surface area contributed by atoms with Gasteiger partial charge >= 0.3 is 0 Å². The molecular weight excluding hydrogens is 226 g/mol. The average molecular weight is 240 g/mol. The fourth-order valence-corrected chi connectivity index (χ4v) is 1.61. The molecule has 0 unspecified atom stereocenters. The normalized spacial score (nSPS) is 11.0. The van der Waals surface area contributed by atoms with E-state index in [9.17, 15) is 5.11 Å². The SMILES string of the molecule is CN(CC(C)(C)O)c1cc(C#N)cc(Cl)n1. The smallest absolute Gasteiger partial charge is 0.132 e. The van der Waals surface area contributed by atoms with Crippen molar-refractivity contribution in [2.75, 3.05) is 18.5 Å². The lowest BCUT2D eigenvalue weighted by atomic mass is 10.1. The maximum atomic E-state index is 9.68. The number of rotatable bonds is 3. The van der Waals surface area contributed by atoms with Crippen LogP contribution in [0, 0.1) is 11.3 Å². The number of pyridine rings is 1. The monoisotopic (exact) mass is 239 g/mol. The van der Waals surface area contributed by atoms with Crippen LogP contribution in [0.3, 0.4) is 0 Å². The molecule has 1 rings (SSSR count). The minimum absolute atomic E-state index is 0.275. The van der Waals surface area contributed by atoms with Crippen molar-refractivity contribution in [2.24, 2.45) is 0 Å². The van der Waals surface area contributed by atoms with Crippen LogP contribution in [-0.2, 0) is 0 Å². The third-order valence-electron chi connectivity index (χ3n) is 1.92. The van der Waals surface area contributed by atoms with Gasteiger partial charge in [0.25, 0.3) is 0 Å². The van der Waals surface area contributed by atoms with Crippen LogP contribution in [0.2, 0.25) is 5.15 Å². The Morgan fingerprint density at radius 2 is 2.19 bits per heavy atom. The van der Waals surface area contributed by atoms with E-state index in [1.54, 1.807) is 31.9 Å². The van der Waals surface area contributed by atoms with Crippen molar-refractivity contribution in [3.63, 3.8) is 0 Å². The van der Waals surface area contributed by atoms with Gasteiger partial charge in [-0.3, -0.25) is 0 Å². The van der Waals surface area contributed by atoms with Gasteiger partial charge < -0.3 is 10.0 Å². The molecule has 5 heteroatoms. The summed E-state index contributed by atoms with van der Waals surface area (Å²) in [4.78, 5) is 5.85. The lowest BCUT2D eigenvalue weighted by Crippen LogP contribution is -2.36. The predicted octanol–water partition coefficient (Wildman–Crippen LogP) is 1.81. The largest absolute Gasteiger partial charge is 0.389 e. The first-order valence-corrected chi connectivity index (χ1v) is 5.21. The quantitative estimate of drug-likeness (QED) is 0.818. The summed E-state index contributed by atoms with van der Waals surface area (Å²) in [6.07, 6.45) is 0. The van der Waals surface area contributed by atoms with E-state index in [1.807, 2.05) is 6.07 Å². The second-order valence-corrected chi connectivity index (χ2v) is 4.70. The molecule has 0 amide bonds. The maximum absolute atomic E-state index is 9.68. The molecule has 0 atom stereocenters. The van der Waals surface area contributed by atoms with Crippen molar-refractivity contribution in [1.82, 2.24) is 4.98 Å². The Balaban J connectivity index is 2.96. The zero-order chi connectivity index (χ0) is 12.3. The molecule has 4 nitrogen and oxygen atoms in total. The van der Waals surface area contributed by atoms with Crippen LogP contribution in [0.4, 0.5) is 5.82 Å². The van der Waals surface area contributed by atoms with Crippen molar-refractivity contribution < 1.29 is 5.11 Å². The fraction of sp³-hybridized carbons (Fsp3) is 0.455. The Kier molecular flexibility index (Phi) is 3.74. The number of likely N-dealkylation sites (N-methyl/N-ethyl adjacent to an activating group) is 1. The van der Waals surface area contributed by atoms with Crippen molar-refractivity contribution in [3.8, 4) is 6.07 Å². The molecule has 86 valence electrons. The molecule has 0 aromatic carbocycles. The van der Waals surface area contributed by atoms with Gasteiger partial charge in [0, 0.05) is 13.6 Å². The van der Waals surface area contributed by atoms with Gasteiger partial charge in [-0.1, -0.05) is 11.6 Å². The average Bonchev–Trinajstić information content (AvgIpc) is 2.14. The number of nitriles is 1. The third-order valence-corrected chi connectivity index (χ3v) is 2.12. The summed E-state index contributed by atoms with van der Waals surface area (Å²) in [7, 11) is 1.79. The minimum atomic E-state index is -0.828. The van der Waals surface area contributed by atoms with E-state index in [0.717, 1.165) is 0 Å². The Morgan fingerprint density at radius 1 is 1.56 bits per heavy atom. The number of nitrogens with zero attached hydrogens (tertiary/aromatic N) is 3. The van der Waals surface area contributed by atoms with E-state index in [1.165, 1.54) is 6.07 Å². The van der Waals surface area contributed by atoms with E-state index >= 15 is 0 Å². The van der Waals surface area contributed by atoms with Gasteiger partial charge in [0.15, 0.2) is 0 Å². The molecule has 1 aromatic heterocycles. The van der Waals surface area contributed by atoms with Gasteiger partial charge in [-0.05, 0) is 26.0 Å². The Hall–Kier alpha value is -1.31. The van der Waals surface area contributed by atoms with Crippen LogP contribution < -0.4 is 4.90 Å². The van der Waals surface area contributed by atoms with Gasteiger partial charge in [0.05, 0.1) is 17.2 Å². The van der Waals surface area contributed by atoms with Gasteiger partial charge in [-0.15, -0.1) is 0 Å². The van der Waals surface area contributed by atoms with Crippen LogP contribution >= 0.6 is 11.6 Å². The van der Waals surface area contributed by atoms with Crippen LogP contribution in [0.5, 0.6) is 0 Å². The molecule has 1 N–H and O–H groups in total. The molecule has 0 aliphatic rings. The van der Waals surface area contributed by atoms with Gasteiger partial charge in [0.1, 0.15) is 11.0 Å². The highest BCUT2D eigenvalue weighted by atomic mass is 35.5. The second kappa shape index (κ2) is 4.69. The molecule has 0 bridgehead atoms. The fourth-order valence-electron chi connectivity index (χ4n) is 1.40. The van der Waals surface area contributed by atoms with E-state index < -0.39 is 5.60 Å². The molecule has 0 aliphatic heterocycles. The molecule has 0 saturated carbocycles. The highest BCUT2D eigenvalue weighted by Crippen LogP contribution is 2.18. The van der Waals surface area contributed by atoms with E-state index in [4.69, 9.17) is 16.9 Å². The number of aliphatic hydroxyl groups is 1. The number of halogens is 1. The van der Waals surface area contributed by atoms with Crippen molar-refractivity contribution in [3.05, 3.63) is 22.8 Å². The predicted molar refractivity (Wildman–Crippen MR) is 63.5 cm³/mol. The Morgan fingerprint density at radius 3 is 2.69 bits per heavy atom. The summed E-state index contributed by atoms with van der Waals surface area (Å²) in [5.74, 6) is 0.575. The standard InChI is InChI=1S/C11H14ClN3O/c1-11(2,16)7-15(3)10-5-8(6-13)4-9(12)14-10/h4-5,16H,7H2,1-3H3. The second-order valence-electron chi connectivity index (χ2n) is 4.32. The molecule has 16 heavy (non-hydrogen) atoms. The third kappa shape index (κ3) is 3.69. The molecular formula is C11H14ClN3O. The number of aromatic nitrogens is 1. The van der Waals surface area contributed by atoms with Crippen molar-refractivity contribution >= 4 is 17.4 Å². The lowest BCUT2D eigenvalue weighted by molar-refractivity contribution is 0.0884. The Labute approximate surface area is 100 Å². The molecule has 1 aromatic rings. The first-order valence-electron chi connectivity index (χ1n) is 4.83. The summed E-state index contributed by atoms with van der Waals surface area (Å²) >= 11 is 5.79. The summed E-state index contributed by atoms with van der Waals surface area (Å²) in [6, 6.07) is 5.15. The first kappa shape index (κ1) is 12.8. The minimum Gasteiger partial charge on any atom is -0.389 e. The van der Waals surface area contributed by atoms with Crippen molar-refractivity contribution in [1.29, 1.82) is 5.26 Å². The van der Waals surface area contributed by atoms with Gasteiger partial charge in [-0.2, -0.15) is 5.26 Å². The summed E-state index contributed by atoms with van der Waals surface area (Å²) in [5.41, 5.74) is -0.372. The van der Waals surface area contributed by atoms with Crippen LogP contribution in [0.1, 0.15) is 19.4 Å². The molecule has 0 aliphatic carbocycles. The molecule has 0 spiro atoms. The van der Waals surface area contributed by atoms with Crippen LogP contribution in [0.15, 0.2) is 12.1 Å². The maximum Gasteiger partial charge on any atom is 0.132 e. The molecule has 0 fully saturated rings. The Bertz CT molecular complexity index is 420. The zero-order valence-corrected chi connectivity index (χ0v) is 10.3. The van der Waals surface area contributed by atoms with E-state index in [2.05, 4.69) is 4.98 Å². The van der Waals surface area contributed by atoms with E-state index in [0.29, 0.717) is 17.9 Å². The lowest BCUT2D eigenvalue weighted by Gasteiger charge is -2.26. The van der Waals surface area contributed by atoms with Crippen molar-refractivity contribution in [2.45, 2.75) is 19.4 Å². The van der Waals surface area contributed by atoms with Crippen LogP contribution in [0.25, 0.3) is 0 Å². The zero-order valence-electron chi connectivity index (χ0n) is 9.53. The topological polar surface area (TPSA) is 60.1 Å². The molecule has 0 radical (unpaired) electrons. The first-order chi connectivity index (χ1) is 7.31. The molecule has 1 heterocycles. The molecule has 0 saturated heterocycles. The van der Waals surface area contributed by atoms with Gasteiger partial charge in [0.2, 0.25) is 0 Å². The number of anilines is 1. The van der Waals surface area contributed by atoms with Gasteiger partial charge in [-0.25, -0.2) is 4.98 Å². The van der Waals surface area contributed by atoms with Crippen LogP contribution in [-0.4, -0.2) is 29.3 Å². The number of hydrogen-bond acceptors (Lipinski definition) is 4. The summed E-state index contributed by atoms with van der Waals surface area (Å²) in [6.45, 7) is 3.82. The summed E-state index contributed by atoms with van der Waals surface area (Å²) in [5, 5.41) is 18.7. The highest BCUT2D eigenvalue weighted by molar-refractivity contribution is 6.29. The number of hydrogen-bond donors (Lipinski definition) is 1. The van der Waals surface area contributed by atoms with E-state index in [-0.39, 0.29) is 5.15 Å². The highest BCUT2D eigenvalue weighted by Gasteiger charge is 2.17. The summed E-state index contributed by atoms with van der Waals surface area (Å²) < 4.78 is 0.